The maximum atomic E-state index is 9.85. The minimum atomic E-state index is -0.248. The van der Waals surface area contributed by atoms with Crippen molar-refractivity contribution in [2.75, 3.05) is 20.2 Å². The van der Waals surface area contributed by atoms with E-state index in [2.05, 4.69) is 11.8 Å². The second kappa shape index (κ2) is 7.46. The fourth-order valence-electron chi connectivity index (χ4n) is 3.12. The van der Waals surface area contributed by atoms with E-state index < -0.39 is 0 Å². The SMILES string of the molecule is CCn1c(-c2ccc(OC)cc2)nn(CN2CCC[C@@H](O)C2)c1=S. The zero-order valence-corrected chi connectivity index (χ0v) is 15.0. The van der Waals surface area contributed by atoms with Gasteiger partial charge in [-0.25, -0.2) is 4.68 Å². The molecule has 0 saturated carbocycles. The first kappa shape index (κ1) is 17.1. The van der Waals surface area contributed by atoms with E-state index in [-0.39, 0.29) is 6.10 Å². The number of piperidine rings is 1. The van der Waals surface area contributed by atoms with Crippen LogP contribution >= 0.6 is 12.2 Å². The number of aliphatic hydroxyl groups excluding tert-OH is 1. The van der Waals surface area contributed by atoms with Gasteiger partial charge in [0, 0.05) is 25.2 Å². The molecule has 7 heteroatoms. The molecule has 0 spiro atoms. The van der Waals surface area contributed by atoms with Crippen LogP contribution in [-0.4, -0.2) is 50.7 Å². The zero-order valence-electron chi connectivity index (χ0n) is 14.2. The molecule has 1 aromatic carbocycles. The van der Waals surface area contributed by atoms with E-state index in [0.717, 1.165) is 43.1 Å². The normalized spacial score (nSPS) is 18.7. The predicted molar refractivity (Wildman–Crippen MR) is 95.5 cm³/mol. The van der Waals surface area contributed by atoms with Crippen LogP contribution in [0, 0.1) is 4.77 Å². The lowest BCUT2D eigenvalue weighted by Gasteiger charge is -2.29. The minimum Gasteiger partial charge on any atom is -0.497 e. The monoisotopic (exact) mass is 348 g/mol. The number of benzene rings is 1. The van der Waals surface area contributed by atoms with E-state index in [1.165, 1.54) is 0 Å². The van der Waals surface area contributed by atoms with E-state index in [0.29, 0.717) is 18.0 Å². The predicted octanol–water partition coefficient (Wildman–Crippen LogP) is 2.52. The lowest BCUT2D eigenvalue weighted by molar-refractivity contribution is 0.0513. The topological polar surface area (TPSA) is 55.5 Å². The fraction of sp³-hybridized carbons (Fsp3) is 0.529. The number of likely N-dealkylation sites (tertiary alicyclic amines) is 1. The molecular weight excluding hydrogens is 324 g/mol. The summed E-state index contributed by atoms with van der Waals surface area (Å²) in [6.45, 7) is 5.10. The van der Waals surface area contributed by atoms with Crippen LogP contribution in [0.2, 0.25) is 0 Å². The van der Waals surface area contributed by atoms with Gasteiger partial charge in [0.1, 0.15) is 5.75 Å². The summed E-state index contributed by atoms with van der Waals surface area (Å²) in [6.07, 6.45) is 1.64. The average molecular weight is 348 g/mol. The highest BCUT2D eigenvalue weighted by Crippen LogP contribution is 2.22. The van der Waals surface area contributed by atoms with Crippen molar-refractivity contribution in [3.05, 3.63) is 29.0 Å². The third-order valence-electron chi connectivity index (χ3n) is 4.40. The Labute approximate surface area is 147 Å². The highest BCUT2D eigenvalue weighted by Gasteiger charge is 2.19. The molecule has 0 unspecified atom stereocenters. The third kappa shape index (κ3) is 3.53. The number of aromatic nitrogens is 3. The smallest absolute Gasteiger partial charge is 0.199 e. The van der Waals surface area contributed by atoms with Gasteiger partial charge in [-0.05, 0) is 56.2 Å². The highest BCUT2D eigenvalue weighted by atomic mass is 32.1. The maximum absolute atomic E-state index is 9.85. The fourth-order valence-corrected chi connectivity index (χ4v) is 3.43. The molecule has 1 fully saturated rings. The lowest BCUT2D eigenvalue weighted by atomic mass is 10.1. The first-order chi connectivity index (χ1) is 11.6. The minimum absolute atomic E-state index is 0.248. The second-order valence-corrected chi connectivity index (χ2v) is 6.46. The molecule has 1 N–H and O–H groups in total. The molecular formula is C17H24N4O2S. The highest BCUT2D eigenvalue weighted by molar-refractivity contribution is 7.71. The molecule has 0 aliphatic carbocycles. The Hall–Kier alpha value is -1.70. The Bertz CT molecular complexity index is 738. The van der Waals surface area contributed by atoms with Gasteiger partial charge in [-0.15, -0.1) is 0 Å². The molecule has 0 bridgehead atoms. The van der Waals surface area contributed by atoms with Crippen molar-refractivity contribution in [2.45, 2.75) is 39.1 Å². The Morgan fingerprint density at radius 1 is 1.33 bits per heavy atom. The van der Waals surface area contributed by atoms with E-state index >= 15 is 0 Å². The molecule has 1 aliphatic rings. The maximum Gasteiger partial charge on any atom is 0.199 e. The number of aliphatic hydroxyl groups is 1. The molecule has 0 radical (unpaired) electrons. The van der Waals surface area contributed by atoms with Crippen molar-refractivity contribution in [3.8, 4) is 17.1 Å². The van der Waals surface area contributed by atoms with Gasteiger partial charge in [-0.1, -0.05) is 0 Å². The number of hydrogen-bond acceptors (Lipinski definition) is 5. The molecule has 1 aromatic heterocycles. The van der Waals surface area contributed by atoms with Crippen molar-refractivity contribution < 1.29 is 9.84 Å². The molecule has 2 aromatic rings. The van der Waals surface area contributed by atoms with Crippen LogP contribution < -0.4 is 4.74 Å². The quantitative estimate of drug-likeness (QED) is 0.842. The molecule has 1 aliphatic heterocycles. The standard InChI is InChI=1S/C17H24N4O2S/c1-3-20-16(13-6-8-15(23-2)9-7-13)18-21(17(20)24)12-19-10-4-5-14(22)11-19/h6-9,14,22H,3-5,10-12H2,1-2H3/t14-/m1/s1. The Kier molecular flexibility index (Phi) is 5.33. The number of methoxy groups -OCH3 is 1. The Morgan fingerprint density at radius 3 is 2.71 bits per heavy atom. The third-order valence-corrected chi connectivity index (χ3v) is 4.83. The van der Waals surface area contributed by atoms with Crippen LogP contribution in [0.1, 0.15) is 19.8 Å². The van der Waals surface area contributed by atoms with Gasteiger partial charge < -0.3 is 14.4 Å². The van der Waals surface area contributed by atoms with Crippen molar-refractivity contribution in [1.82, 2.24) is 19.2 Å². The van der Waals surface area contributed by atoms with Gasteiger partial charge in [0.25, 0.3) is 0 Å². The van der Waals surface area contributed by atoms with Gasteiger partial charge >= 0.3 is 0 Å². The lowest BCUT2D eigenvalue weighted by Crippen LogP contribution is -2.39. The van der Waals surface area contributed by atoms with Crippen molar-refractivity contribution in [2.24, 2.45) is 0 Å². The summed E-state index contributed by atoms with van der Waals surface area (Å²) >= 11 is 5.61. The first-order valence-electron chi connectivity index (χ1n) is 8.35. The number of ether oxygens (including phenoxy) is 1. The van der Waals surface area contributed by atoms with E-state index in [1.807, 2.05) is 33.5 Å². The molecule has 0 amide bonds. The molecule has 6 nitrogen and oxygen atoms in total. The van der Waals surface area contributed by atoms with E-state index in [9.17, 15) is 5.11 Å². The average Bonchev–Trinajstić information content (AvgIpc) is 2.91. The molecule has 1 saturated heterocycles. The summed E-state index contributed by atoms with van der Waals surface area (Å²) < 4.78 is 9.83. The van der Waals surface area contributed by atoms with E-state index in [4.69, 9.17) is 22.1 Å². The first-order valence-corrected chi connectivity index (χ1v) is 8.75. The number of hydrogen-bond donors (Lipinski definition) is 1. The van der Waals surface area contributed by atoms with E-state index in [1.54, 1.807) is 7.11 Å². The van der Waals surface area contributed by atoms with Crippen LogP contribution in [-0.2, 0) is 13.2 Å². The summed E-state index contributed by atoms with van der Waals surface area (Å²) in [7, 11) is 1.66. The summed E-state index contributed by atoms with van der Waals surface area (Å²) in [5, 5.41) is 14.6. The number of nitrogens with zero attached hydrogens (tertiary/aromatic N) is 4. The Morgan fingerprint density at radius 2 is 2.08 bits per heavy atom. The van der Waals surface area contributed by atoms with Crippen molar-refractivity contribution >= 4 is 12.2 Å². The summed E-state index contributed by atoms with van der Waals surface area (Å²) in [5.41, 5.74) is 1.01. The van der Waals surface area contributed by atoms with Crippen LogP contribution in [0.25, 0.3) is 11.4 Å². The van der Waals surface area contributed by atoms with Gasteiger partial charge in [-0.3, -0.25) is 4.90 Å². The van der Waals surface area contributed by atoms with Gasteiger partial charge in [-0.2, -0.15) is 5.10 Å². The molecule has 130 valence electrons. The summed E-state index contributed by atoms with van der Waals surface area (Å²) in [6, 6.07) is 7.85. The number of β-amino-alcohol motifs (C(OH)–C–C–N with tert-alkyl or cyclic N) is 1. The van der Waals surface area contributed by atoms with Crippen LogP contribution in [0.4, 0.5) is 0 Å². The molecule has 2 heterocycles. The zero-order chi connectivity index (χ0) is 17.1. The van der Waals surface area contributed by atoms with Crippen molar-refractivity contribution in [3.63, 3.8) is 0 Å². The van der Waals surface area contributed by atoms with Crippen LogP contribution in [0.5, 0.6) is 5.75 Å². The van der Waals surface area contributed by atoms with Gasteiger partial charge in [0.15, 0.2) is 10.6 Å². The van der Waals surface area contributed by atoms with Crippen LogP contribution in [0.3, 0.4) is 0 Å². The Balaban J connectivity index is 1.88. The molecule has 24 heavy (non-hydrogen) atoms. The summed E-state index contributed by atoms with van der Waals surface area (Å²) in [5.74, 6) is 1.69. The second-order valence-electron chi connectivity index (χ2n) is 6.09. The largest absolute Gasteiger partial charge is 0.497 e. The number of rotatable bonds is 5. The summed E-state index contributed by atoms with van der Waals surface area (Å²) in [4.78, 5) is 2.20. The molecule has 3 rings (SSSR count). The molecule has 1 atom stereocenters. The van der Waals surface area contributed by atoms with Crippen molar-refractivity contribution in [1.29, 1.82) is 0 Å². The van der Waals surface area contributed by atoms with Gasteiger partial charge in [0.2, 0.25) is 0 Å². The van der Waals surface area contributed by atoms with Gasteiger partial charge in [0.05, 0.1) is 19.9 Å². The van der Waals surface area contributed by atoms with Crippen LogP contribution in [0.15, 0.2) is 24.3 Å².